The predicted octanol–water partition coefficient (Wildman–Crippen LogP) is 27.9. The summed E-state index contributed by atoms with van der Waals surface area (Å²) in [6.07, 6.45) is 96.5. The first-order valence-electron chi connectivity index (χ1n) is 41.2. The second-order valence-electron chi connectivity index (χ2n) is 28.9. The van der Waals surface area contributed by atoms with Gasteiger partial charge in [-0.3, -0.25) is 8.37 Å². The second-order valence-corrected chi connectivity index (χ2v) is 31.0. The predicted molar refractivity (Wildman–Crippen MR) is 399 cm³/mol. The molecule has 0 saturated heterocycles. The molecule has 8 nitrogen and oxygen atoms in total. The van der Waals surface area contributed by atoms with E-state index in [1.807, 2.05) is 0 Å². The van der Waals surface area contributed by atoms with Gasteiger partial charge >= 0.3 is 37.7 Å². The van der Waals surface area contributed by atoms with Gasteiger partial charge in [0, 0.05) is 0 Å². The van der Waals surface area contributed by atoms with Crippen LogP contribution in [0.4, 0.5) is 0 Å². The van der Waals surface area contributed by atoms with Crippen LogP contribution in [-0.2, 0) is 29.2 Å². The standard InChI is InChI=1S/2C40H82O4S.Ca/c2*1-3-5-7-9-11-13-15-17-19-21-22-24-26-28-30-32-34-36-38-40(39-44-45(41,42)43)37-35-33-31-29-27-25-23-20-18-16-14-12-10-8-6-4-2;/h2*40H,3-39H2,1-2H3,(H,41,42,43);/q;;+2/p-2. The largest absolute Gasteiger partial charge is 2.00 e. The average molecular weight is 1360 g/mol. The van der Waals surface area contributed by atoms with Gasteiger partial charge in [-0.25, -0.2) is 16.8 Å². The summed E-state index contributed by atoms with van der Waals surface area (Å²) >= 11 is 0. The normalized spacial score (nSPS) is 12.5. The molecule has 0 radical (unpaired) electrons. The molecule has 0 rings (SSSR count). The molecule has 91 heavy (non-hydrogen) atoms. The first-order chi connectivity index (χ1) is 44.0. The zero-order valence-electron chi connectivity index (χ0n) is 62.3. The second kappa shape index (κ2) is 81.7. The minimum atomic E-state index is -4.59. The Balaban J connectivity index is -0.00000168. The fourth-order valence-corrected chi connectivity index (χ4v) is 14.3. The van der Waals surface area contributed by atoms with Gasteiger partial charge in [-0.2, -0.15) is 0 Å². The molecule has 544 valence electrons. The Morgan fingerprint density at radius 3 is 0.396 bits per heavy atom. The van der Waals surface area contributed by atoms with E-state index in [4.69, 9.17) is 0 Å². The van der Waals surface area contributed by atoms with E-state index in [0.717, 1.165) is 51.4 Å². The van der Waals surface area contributed by atoms with Crippen LogP contribution in [0.15, 0.2) is 0 Å². The van der Waals surface area contributed by atoms with Crippen LogP contribution in [0, 0.1) is 11.8 Å². The van der Waals surface area contributed by atoms with Gasteiger partial charge in [0.1, 0.15) is 0 Å². The Labute approximate surface area is 603 Å². The van der Waals surface area contributed by atoms with Gasteiger partial charge in [-0.1, -0.05) is 464 Å². The molecule has 0 aromatic carbocycles. The van der Waals surface area contributed by atoms with E-state index in [-0.39, 0.29) is 62.8 Å². The zero-order chi connectivity index (χ0) is 65.9. The third-order valence-corrected chi connectivity index (χ3v) is 20.6. The number of hydrogen-bond acceptors (Lipinski definition) is 8. The Morgan fingerprint density at radius 2 is 0.297 bits per heavy atom. The molecule has 0 fully saturated rings. The van der Waals surface area contributed by atoms with Crippen molar-refractivity contribution in [3.8, 4) is 0 Å². The van der Waals surface area contributed by atoms with Crippen molar-refractivity contribution >= 4 is 58.5 Å². The van der Waals surface area contributed by atoms with Crippen molar-refractivity contribution in [3.05, 3.63) is 0 Å². The summed E-state index contributed by atoms with van der Waals surface area (Å²) in [7, 11) is -9.19. The quantitative estimate of drug-likeness (QED) is 0.0254. The van der Waals surface area contributed by atoms with Gasteiger partial charge in [0.25, 0.3) is 0 Å². The van der Waals surface area contributed by atoms with Crippen molar-refractivity contribution < 1.29 is 34.3 Å². The summed E-state index contributed by atoms with van der Waals surface area (Å²) in [5.74, 6) is 0.392. The minimum Gasteiger partial charge on any atom is -0.726 e. The number of hydrogen-bond donors (Lipinski definition) is 0. The maximum atomic E-state index is 11.0. The first-order valence-corrected chi connectivity index (χ1v) is 43.9. The van der Waals surface area contributed by atoms with Crippen LogP contribution in [0.3, 0.4) is 0 Å². The molecule has 0 heterocycles. The monoisotopic (exact) mass is 1360 g/mol. The minimum absolute atomic E-state index is 0. The smallest absolute Gasteiger partial charge is 0.726 e. The number of unbranched alkanes of at least 4 members (excludes halogenated alkanes) is 64. The van der Waals surface area contributed by atoms with E-state index < -0.39 is 20.8 Å². The van der Waals surface area contributed by atoms with Gasteiger partial charge in [0.05, 0.1) is 13.2 Å². The Bertz CT molecular complexity index is 1420. The summed E-state index contributed by atoms with van der Waals surface area (Å²) in [5, 5.41) is 0. The zero-order valence-corrected chi connectivity index (χ0v) is 66.1. The summed E-state index contributed by atoms with van der Waals surface area (Å²) in [6.45, 7) is 9.28. The van der Waals surface area contributed by atoms with Gasteiger partial charge in [-0.05, 0) is 37.5 Å². The Kier molecular flexibility index (Phi) is 86.3. The summed E-state index contributed by atoms with van der Waals surface area (Å²) in [4.78, 5) is 0. The SMILES string of the molecule is CCCCCCCCCCCCCCCCCCCCC(CCCCCCCCCCCCCCCCCC)COS(=O)(=O)[O-].CCCCCCCCCCCCCCCCCCCCC(CCCCCCCCCCCCCCCCCC)COS(=O)(=O)[O-].[Ca+2]. The van der Waals surface area contributed by atoms with Crippen LogP contribution in [0.1, 0.15) is 490 Å². The van der Waals surface area contributed by atoms with E-state index in [9.17, 15) is 25.9 Å². The molecule has 0 aliphatic carbocycles. The molecule has 0 bridgehead atoms. The number of rotatable bonds is 78. The molecular formula is C80H162CaO8S2. The first kappa shape index (κ1) is 96.2. The molecule has 0 aromatic heterocycles. The van der Waals surface area contributed by atoms with Crippen molar-refractivity contribution in [3.63, 3.8) is 0 Å². The van der Waals surface area contributed by atoms with Crippen molar-refractivity contribution in [2.24, 2.45) is 11.8 Å². The summed E-state index contributed by atoms with van der Waals surface area (Å²) < 4.78 is 75.5. The molecule has 11 heteroatoms. The van der Waals surface area contributed by atoms with E-state index in [0.29, 0.717) is 0 Å². The third-order valence-electron chi connectivity index (χ3n) is 19.8. The van der Waals surface area contributed by atoms with Crippen LogP contribution >= 0.6 is 0 Å². The maximum absolute atomic E-state index is 11.0. The van der Waals surface area contributed by atoms with Gasteiger partial charge in [-0.15, -0.1) is 0 Å². The Hall–Kier alpha value is 1.000. The van der Waals surface area contributed by atoms with Crippen LogP contribution in [0.5, 0.6) is 0 Å². The van der Waals surface area contributed by atoms with Crippen LogP contribution in [0.2, 0.25) is 0 Å². The van der Waals surface area contributed by atoms with E-state index in [1.54, 1.807) is 0 Å². The molecule has 0 aliphatic heterocycles. The Morgan fingerprint density at radius 1 is 0.198 bits per heavy atom. The molecule has 0 saturated carbocycles. The topological polar surface area (TPSA) is 133 Å². The average Bonchev–Trinajstić information content (AvgIpc) is 3.58. The summed E-state index contributed by atoms with van der Waals surface area (Å²) in [6, 6.07) is 0. The van der Waals surface area contributed by atoms with Gasteiger partial charge < -0.3 is 9.11 Å². The fourth-order valence-electron chi connectivity index (χ4n) is 13.6. The molecule has 2 atom stereocenters. The molecule has 0 amide bonds. The van der Waals surface area contributed by atoms with Crippen molar-refractivity contribution in [1.29, 1.82) is 0 Å². The van der Waals surface area contributed by atoms with Crippen LogP contribution in [0.25, 0.3) is 0 Å². The van der Waals surface area contributed by atoms with E-state index >= 15 is 0 Å². The molecule has 0 aromatic rings. The van der Waals surface area contributed by atoms with Gasteiger partial charge in [0.15, 0.2) is 0 Å². The third kappa shape index (κ3) is 91.0. The fraction of sp³-hybridized carbons (Fsp3) is 1.00. The summed E-state index contributed by atoms with van der Waals surface area (Å²) in [5.41, 5.74) is 0. The maximum Gasteiger partial charge on any atom is 2.00 e. The molecule has 2 unspecified atom stereocenters. The molecular weight excluding hydrogens is 1190 g/mol. The van der Waals surface area contributed by atoms with Crippen LogP contribution < -0.4 is 0 Å². The van der Waals surface area contributed by atoms with E-state index in [1.165, 1.54) is 411 Å². The van der Waals surface area contributed by atoms with Crippen molar-refractivity contribution in [2.45, 2.75) is 490 Å². The molecule has 0 spiro atoms. The van der Waals surface area contributed by atoms with Crippen molar-refractivity contribution in [2.75, 3.05) is 13.2 Å². The van der Waals surface area contributed by atoms with Crippen molar-refractivity contribution in [1.82, 2.24) is 0 Å². The molecule has 0 N–H and O–H groups in total. The van der Waals surface area contributed by atoms with Crippen LogP contribution in [-0.4, -0.2) is 76.9 Å². The van der Waals surface area contributed by atoms with E-state index in [2.05, 4.69) is 36.1 Å². The molecule has 0 aliphatic rings. The van der Waals surface area contributed by atoms with Gasteiger partial charge in [0.2, 0.25) is 20.8 Å².